The molecule has 5 aromatic rings. The maximum atomic E-state index is 10.2. The van der Waals surface area contributed by atoms with Gasteiger partial charge in [-0.15, -0.1) is 0 Å². The number of para-hydroxylation sites is 1. The molecular weight excluding hydrogens is 306 g/mol. The second-order valence-electron chi connectivity index (χ2n) is 6.49. The van der Waals surface area contributed by atoms with E-state index < -0.39 is 0 Å². The Labute approximate surface area is 145 Å². The van der Waals surface area contributed by atoms with E-state index in [9.17, 15) is 5.11 Å². The molecule has 2 heteroatoms. The molecule has 120 valence electrons. The normalized spacial score (nSPS) is 11.6. The summed E-state index contributed by atoms with van der Waals surface area (Å²) in [7, 11) is 2.11. The predicted octanol–water partition coefficient (Wildman–Crippen LogP) is 5.86. The molecule has 25 heavy (non-hydrogen) atoms. The molecule has 0 saturated carbocycles. The summed E-state index contributed by atoms with van der Waals surface area (Å²) in [5.74, 6) is 0.325. The molecule has 1 aromatic heterocycles. The average molecular weight is 323 g/mol. The molecule has 1 heterocycles. The Hall–Kier alpha value is -3.26. The van der Waals surface area contributed by atoms with Crippen molar-refractivity contribution in [2.24, 2.45) is 7.05 Å². The highest BCUT2D eigenvalue weighted by atomic mass is 16.3. The molecule has 0 amide bonds. The second kappa shape index (κ2) is 5.12. The van der Waals surface area contributed by atoms with Gasteiger partial charge in [-0.25, -0.2) is 0 Å². The number of aromatic hydroxyl groups is 1. The van der Waals surface area contributed by atoms with Crippen LogP contribution in [0.15, 0.2) is 78.9 Å². The monoisotopic (exact) mass is 323 g/mol. The van der Waals surface area contributed by atoms with Crippen molar-refractivity contribution in [2.45, 2.75) is 0 Å². The van der Waals surface area contributed by atoms with Crippen LogP contribution in [-0.2, 0) is 7.05 Å². The summed E-state index contributed by atoms with van der Waals surface area (Å²) < 4.78 is 2.24. The zero-order valence-electron chi connectivity index (χ0n) is 13.9. The first kappa shape index (κ1) is 14.1. The van der Waals surface area contributed by atoms with Gasteiger partial charge in [0.25, 0.3) is 0 Å². The molecule has 2 nitrogen and oxygen atoms in total. The standard InChI is InChI=1S/C23H17NO/c1-24-21-9-5-4-7-18(21)20-14-15(10-12-22(20)24)16-11-13-23(25)19-8-3-2-6-17(16)19/h2-14,25H,1H3. The average Bonchev–Trinajstić information content (AvgIpc) is 2.95. The van der Waals surface area contributed by atoms with Crippen LogP contribution < -0.4 is 0 Å². The van der Waals surface area contributed by atoms with Crippen LogP contribution in [-0.4, -0.2) is 9.67 Å². The number of phenolic OH excluding ortho intramolecular Hbond substituents is 1. The maximum absolute atomic E-state index is 10.2. The van der Waals surface area contributed by atoms with Crippen LogP contribution in [0.3, 0.4) is 0 Å². The topological polar surface area (TPSA) is 25.2 Å². The van der Waals surface area contributed by atoms with Crippen LogP contribution in [0.2, 0.25) is 0 Å². The van der Waals surface area contributed by atoms with E-state index in [-0.39, 0.29) is 0 Å². The van der Waals surface area contributed by atoms with Gasteiger partial charge in [0, 0.05) is 34.2 Å². The Bertz CT molecular complexity index is 1260. The molecule has 0 aliphatic heterocycles. The second-order valence-corrected chi connectivity index (χ2v) is 6.49. The number of aryl methyl sites for hydroxylation is 1. The van der Waals surface area contributed by atoms with E-state index in [0.717, 1.165) is 16.3 Å². The lowest BCUT2D eigenvalue weighted by atomic mass is 9.96. The first-order chi connectivity index (χ1) is 12.2. The largest absolute Gasteiger partial charge is 0.507 e. The van der Waals surface area contributed by atoms with Crippen LogP contribution in [0.1, 0.15) is 0 Å². The highest BCUT2D eigenvalue weighted by Crippen LogP contribution is 2.36. The Kier molecular flexibility index (Phi) is 2.89. The minimum absolute atomic E-state index is 0.325. The third kappa shape index (κ3) is 1.97. The first-order valence-electron chi connectivity index (χ1n) is 8.42. The fourth-order valence-corrected chi connectivity index (χ4v) is 3.87. The molecule has 0 atom stereocenters. The summed E-state index contributed by atoms with van der Waals surface area (Å²) >= 11 is 0. The minimum Gasteiger partial charge on any atom is -0.507 e. The maximum Gasteiger partial charge on any atom is 0.123 e. The SMILES string of the molecule is Cn1c2ccccc2c2cc(-c3ccc(O)c4ccccc34)ccc21. The van der Waals surface area contributed by atoms with Gasteiger partial charge in [-0.1, -0.05) is 54.6 Å². The van der Waals surface area contributed by atoms with Crippen molar-refractivity contribution in [1.82, 2.24) is 4.57 Å². The van der Waals surface area contributed by atoms with Crippen molar-refractivity contribution < 1.29 is 5.11 Å². The van der Waals surface area contributed by atoms with Crippen LogP contribution in [0.4, 0.5) is 0 Å². The number of aromatic nitrogens is 1. The van der Waals surface area contributed by atoms with Crippen LogP contribution in [0, 0.1) is 0 Å². The summed E-state index contributed by atoms with van der Waals surface area (Å²) in [4.78, 5) is 0. The molecular formula is C23H17NO. The fourth-order valence-electron chi connectivity index (χ4n) is 3.87. The van der Waals surface area contributed by atoms with Crippen LogP contribution >= 0.6 is 0 Å². The van der Waals surface area contributed by atoms with Gasteiger partial charge in [-0.3, -0.25) is 0 Å². The fraction of sp³-hybridized carbons (Fsp3) is 0.0435. The lowest BCUT2D eigenvalue weighted by molar-refractivity contribution is 0.481. The number of benzene rings is 4. The van der Waals surface area contributed by atoms with Gasteiger partial charge < -0.3 is 9.67 Å². The third-order valence-corrected chi connectivity index (χ3v) is 5.13. The summed E-state index contributed by atoms with van der Waals surface area (Å²) in [6, 6.07) is 26.9. The minimum atomic E-state index is 0.325. The van der Waals surface area contributed by atoms with Crippen molar-refractivity contribution in [1.29, 1.82) is 0 Å². The molecule has 0 radical (unpaired) electrons. The smallest absolute Gasteiger partial charge is 0.123 e. The molecule has 5 rings (SSSR count). The predicted molar refractivity (Wildman–Crippen MR) is 105 cm³/mol. The van der Waals surface area contributed by atoms with Crippen molar-refractivity contribution in [2.75, 3.05) is 0 Å². The Morgan fingerprint density at radius 1 is 0.640 bits per heavy atom. The van der Waals surface area contributed by atoms with Crippen molar-refractivity contribution in [3.05, 3.63) is 78.9 Å². The van der Waals surface area contributed by atoms with Crippen molar-refractivity contribution in [3.8, 4) is 16.9 Å². The van der Waals surface area contributed by atoms with E-state index in [1.165, 1.54) is 27.4 Å². The molecule has 4 aromatic carbocycles. The zero-order chi connectivity index (χ0) is 17.0. The highest BCUT2D eigenvalue weighted by Gasteiger charge is 2.11. The molecule has 0 aliphatic carbocycles. The van der Waals surface area contributed by atoms with Gasteiger partial charge in [-0.05, 0) is 40.8 Å². The molecule has 0 fully saturated rings. The number of nitrogens with zero attached hydrogens (tertiary/aromatic N) is 1. The molecule has 0 spiro atoms. The molecule has 1 N–H and O–H groups in total. The first-order valence-corrected chi connectivity index (χ1v) is 8.42. The van der Waals surface area contributed by atoms with E-state index in [0.29, 0.717) is 5.75 Å². The summed E-state index contributed by atoms with van der Waals surface area (Å²) in [6.07, 6.45) is 0. The Balaban J connectivity index is 1.85. The molecule has 0 aliphatic rings. The van der Waals surface area contributed by atoms with Gasteiger partial charge in [-0.2, -0.15) is 0 Å². The lowest BCUT2D eigenvalue weighted by Crippen LogP contribution is -1.86. The van der Waals surface area contributed by atoms with Gasteiger partial charge in [0.15, 0.2) is 0 Å². The van der Waals surface area contributed by atoms with Gasteiger partial charge in [0.05, 0.1) is 0 Å². The third-order valence-electron chi connectivity index (χ3n) is 5.13. The number of hydrogen-bond donors (Lipinski definition) is 1. The number of fused-ring (bicyclic) bond motifs is 4. The Morgan fingerprint density at radius 2 is 1.32 bits per heavy atom. The van der Waals surface area contributed by atoms with Crippen molar-refractivity contribution >= 4 is 32.6 Å². The quantitative estimate of drug-likeness (QED) is 0.411. The van der Waals surface area contributed by atoms with Gasteiger partial charge >= 0.3 is 0 Å². The van der Waals surface area contributed by atoms with E-state index in [4.69, 9.17) is 0 Å². The lowest BCUT2D eigenvalue weighted by Gasteiger charge is -2.09. The molecule has 0 bridgehead atoms. The number of phenols is 1. The van der Waals surface area contributed by atoms with Gasteiger partial charge in [0.1, 0.15) is 5.75 Å². The Morgan fingerprint density at radius 3 is 2.16 bits per heavy atom. The van der Waals surface area contributed by atoms with Crippen molar-refractivity contribution in [3.63, 3.8) is 0 Å². The van der Waals surface area contributed by atoms with E-state index in [2.05, 4.69) is 60.1 Å². The highest BCUT2D eigenvalue weighted by molar-refractivity contribution is 6.10. The van der Waals surface area contributed by atoms with Crippen LogP contribution in [0.5, 0.6) is 5.75 Å². The molecule has 0 saturated heterocycles. The zero-order valence-corrected chi connectivity index (χ0v) is 13.9. The van der Waals surface area contributed by atoms with E-state index in [1.54, 1.807) is 6.07 Å². The van der Waals surface area contributed by atoms with Gasteiger partial charge in [0.2, 0.25) is 0 Å². The number of rotatable bonds is 1. The summed E-state index contributed by atoms with van der Waals surface area (Å²) in [5, 5.41) is 14.6. The van der Waals surface area contributed by atoms with E-state index in [1.807, 2.05) is 24.3 Å². The number of hydrogen-bond acceptors (Lipinski definition) is 1. The molecule has 0 unspecified atom stereocenters. The summed E-state index contributed by atoms with van der Waals surface area (Å²) in [5.41, 5.74) is 4.78. The summed E-state index contributed by atoms with van der Waals surface area (Å²) in [6.45, 7) is 0. The van der Waals surface area contributed by atoms with E-state index >= 15 is 0 Å². The van der Waals surface area contributed by atoms with Crippen LogP contribution in [0.25, 0.3) is 43.7 Å².